The smallest absolute Gasteiger partial charge is 0.0583 e. The highest BCUT2D eigenvalue weighted by atomic mass is 127. The summed E-state index contributed by atoms with van der Waals surface area (Å²) in [6.45, 7) is -2.62. The summed E-state index contributed by atoms with van der Waals surface area (Å²) in [4.78, 5) is 0. The number of benzene rings is 1. The van der Waals surface area contributed by atoms with Crippen molar-refractivity contribution < 1.29 is 9.60 Å². The predicted octanol–water partition coefficient (Wildman–Crippen LogP) is 2.60. The first-order chi connectivity index (χ1) is 6.68. The van der Waals surface area contributed by atoms with Gasteiger partial charge >= 0.3 is 0 Å². The molecule has 1 aromatic carbocycles. The van der Waals surface area contributed by atoms with Gasteiger partial charge in [0.2, 0.25) is 0 Å². The van der Waals surface area contributed by atoms with Crippen molar-refractivity contribution in [2.45, 2.75) is 6.85 Å². The minimum Gasteiger partial charge on any atom is -0.0583 e. The van der Waals surface area contributed by atoms with E-state index in [9.17, 15) is 0 Å². The predicted molar refractivity (Wildman–Crippen MR) is 43.9 cm³/mol. The van der Waals surface area contributed by atoms with E-state index in [-0.39, 0.29) is 15.7 Å². The number of hydrogen-bond acceptors (Lipinski definition) is 0. The second kappa shape index (κ2) is 2.49. The van der Waals surface area contributed by atoms with Gasteiger partial charge in [-0.2, -0.15) is 0 Å². The third kappa shape index (κ3) is 1.47. The standard InChI is InChI=1S/C7H7I/c1-6-2-4-7(8)5-3-6/h2-5H,1H3/i1D3,2D,3D,4D,5D. The second-order valence-corrected chi connectivity index (χ2v) is 2.27. The molecule has 0 aliphatic heterocycles. The SMILES string of the molecule is [2H]c1c([2H])c(C([2H])([2H])[2H])c([2H])c([2H])c1I. The Morgan fingerprint density at radius 2 is 2.12 bits per heavy atom. The molecular formula is C7H7I. The van der Waals surface area contributed by atoms with Crippen LogP contribution < -0.4 is 0 Å². The van der Waals surface area contributed by atoms with Gasteiger partial charge in [0.1, 0.15) is 0 Å². The topological polar surface area (TPSA) is 0 Å². The van der Waals surface area contributed by atoms with E-state index in [1.165, 1.54) is 0 Å². The third-order valence-electron chi connectivity index (χ3n) is 0.594. The molecule has 0 saturated carbocycles. The van der Waals surface area contributed by atoms with Crippen LogP contribution in [0.4, 0.5) is 0 Å². The van der Waals surface area contributed by atoms with Gasteiger partial charge in [-0.25, -0.2) is 0 Å². The Hall–Kier alpha value is -0.0500. The highest BCUT2D eigenvalue weighted by Crippen LogP contribution is 2.04. The maximum Gasteiger partial charge on any atom is 0.0634 e. The van der Waals surface area contributed by atoms with Crippen LogP contribution in [0.3, 0.4) is 0 Å². The maximum absolute atomic E-state index is 7.47. The highest BCUT2D eigenvalue weighted by Gasteiger charge is 1.81. The van der Waals surface area contributed by atoms with Crippen LogP contribution >= 0.6 is 22.6 Å². The Balaban J connectivity index is 3.68. The van der Waals surface area contributed by atoms with Gasteiger partial charge in [-0.1, -0.05) is 17.6 Å². The van der Waals surface area contributed by atoms with Crippen LogP contribution in [0.25, 0.3) is 0 Å². The lowest BCUT2D eigenvalue weighted by molar-refractivity contribution is 1.46. The van der Waals surface area contributed by atoms with Gasteiger partial charge < -0.3 is 0 Å². The van der Waals surface area contributed by atoms with Crippen molar-refractivity contribution in [2.75, 3.05) is 0 Å². The summed E-state index contributed by atoms with van der Waals surface area (Å²) in [6.07, 6.45) is 0. The lowest BCUT2D eigenvalue weighted by Crippen LogP contribution is -1.69. The molecule has 0 amide bonds. The molecule has 0 aliphatic carbocycles. The fraction of sp³-hybridized carbons (Fsp3) is 0.143. The van der Waals surface area contributed by atoms with E-state index in [2.05, 4.69) is 0 Å². The third-order valence-corrected chi connectivity index (χ3v) is 1.13. The molecule has 8 heavy (non-hydrogen) atoms. The molecule has 0 aromatic heterocycles. The largest absolute Gasteiger partial charge is 0.0634 e. The van der Waals surface area contributed by atoms with Crippen molar-refractivity contribution >= 4 is 22.6 Å². The Kier molecular flexibility index (Phi) is 0.534. The highest BCUT2D eigenvalue weighted by molar-refractivity contribution is 14.1. The van der Waals surface area contributed by atoms with Crippen LogP contribution in [0.2, 0.25) is 0 Å². The second-order valence-electron chi connectivity index (χ2n) is 1.19. The van der Waals surface area contributed by atoms with Crippen LogP contribution in [-0.2, 0) is 0 Å². The zero-order chi connectivity index (χ0) is 12.0. The van der Waals surface area contributed by atoms with Gasteiger partial charge in [0.05, 0.1) is 5.48 Å². The average Bonchev–Trinajstić information content (AvgIpc) is 2.09. The van der Waals surface area contributed by atoms with Crippen LogP contribution in [0.15, 0.2) is 24.2 Å². The Bertz CT molecular complexity index is 380. The van der Waals surface area contributed by atoms with Crippen molar-refractivity contribution in [3.63, 3.8) is 0 Å². The molecule has 0 spiro atoms. The van der Waals surface area contributed by atoms with Crippen LogP contribution in [0, 0.1) is 10.4 Å². The molecule has 0 aliphatic rings. The van der Waals surface area contributed by atoms with Crippen LogP contribution in [0.1, 0.15) is 15.2 Å². The molecule has 1 aromatic rings. The van der Waals surface area contributed by atoms with Crippen molar-refractivity contribution in [3.05, 3.63) is 33.3 Å². The summed E-state index contributed by atoms with van der Waals surface area (Å²) >= 11 is 1.67. The zero-order valence-corrected chi connectivity index (χ0v) is 6.04. The minimum absolute atomic E-state index is 0.135. The van der Waals surface area contributed by atoms with E-state index in [0.29, 0.717) is 0 Å². The van der Waals surface area contributed by atoms with Gasteiger partial charge in [-0.05, 0) is 41.5 Å². The Morgan fingerprint density at radius 1 is 1.50 bits per heavy atom. The maximum atomic E-state index is 7.47. The van der Waals surface area contributed by atoms with Crippen molar-refractivity contribution in [3.8, 4) is 0 Å². The molecule has 0 nitrogen and oxygen atoms in total. The van der Waals surface area contributed by atoms with E-state index in [1.807, 2.05) is 0 Å². The van der Waals surface area contributed by atoms with Gasteiger partial charge in [-0.3, -0.25) is 0 Å². The Labute approximate surface area is 72.9 Å². The van der Waals surface area contributed by atoms with Crippen LogP contribution in [-0.4, -0.2) is 0 Å². The van der Waals surface area contributed by atoms with E-state index in [4.69, 9.17) is 9.60 Å². The molecule has 42 valence electrons. The summed E-state index contributed by atoms with van der Waals surface area (Å²) in [7, 11) is 0. The van der Waals surface area contributed by atoms with E-state index in [1.54, 1.807) is 22.6 Å². The molecule has 0 fully saturated rings. The van der Waals surface area contributed by atoms with Gasteiger partial charge in [0.25, 0.3) is 0 Å². The van der Waals surface area contributed by atoms with Gasteiger partial charge in [-0.15, -0.1) is 0 Å². The first-order valence-corrected chi connectivity index (χ1v) is 3.02. The molecule has 0 N–H and O–H groups in total. The van der Waals surface area contributed by atoms with E-state index < -0.39 is 24.5 Å². The zero-order valence-electron chi connectivity index (χ0n) is 10.9. The molecule has 0 heterocycles. The molecule has 1 heteroatoms. The van der Waals surface area contributed by atoms with Gasteiger partial charge in [0.15, 0.2) is 0 Å². The van der Waals surface area contributed by atoms with Gasteiger partial charge in [0, 0.05) is 7.68 Å². The lowest BCUT2D eigenvalue weighted by atomic mass is 10.2. The molecule has 0 saturated heterocycles. The van der Waals surface area contributed by atoms with Crippen molar-refractivity contribution in [1.82, 2.24) is 0 Å². The fourth-order valence-corrected chi connectivity index (χ4v) is 0.567. The fourth-order valence-electron chi connectivity index (χ4n) is 0.297. The van der Waals surface area contributed by atoms with E-state index >= 15 is 0 Å². The minimum atomic E-state index is -2.62. The summed E-state index contributed by atoms with van der Waals surface area (Å²) in [5, 5.41) is 0. The number of hydrogen-bond donors (Lipinski definition) is 0. The summed E-state index contributed by atoms with van der Waals surface area (Å²) in [5.74, 6) is 0. The Morgan fingerprint density at radius 3 is 2.62 bits per heavy atom. The van der Waals surface area contributed by atoms with E-state index in [0.717, 1.165) is 0 Å². The van der Waals surface area contributed by atoms with Crippen LogP contribution in [0.5, 0.6) is 0 Å². The summed E-state index contributed by atoms with van der Waals surface area (Å²) < 4.78 is 51.4. The molecule has 0 unspecified atom stereocenters. The summed E-state index contributed by atoms with van der Waals surface area (Å²) in [6, 6.07) is -1.58. The lowest BCUT2D eigenvalue weighted by Gasteiger charge is -1.88. The molecule has 0 radical (unpaired) electrons. The summed E-state index contributed by atoms with van der Waals surface area (Å²) in [5.41, 5.74) is -0.516. The van der Waals surface area contributed by atoms with Crippen molar-refractivity contribution in [1.29, 1.82) is 0 Å². The molecule has 1 rings (SSSR count). The molecule has 0 bridgehead atoms. The first kappa shape index (κ1) is 1.72. The number of rotatable bonds is 0. The van der Waals surface area contributed by atoms with Crippen molar-refractivity contribution in [2.24, 2.45) is 0 Å². The normalized spacial score (nSPS) is 23.4. The molecule has 0 atom stereocenters. The quantitative estimate of drug-likeness (QED) is 0.595. The molecular weight excluding hydrogens is 211 g/mol. The first-order valence-electron chi connectivity index (χ1n) is 5.44. The average molecular weight is 225 g/mol. The monoisotopic (exact) mass is 225 g/mol. The number of halogens is 1.